The molecule has 117 valence electrons. The van der Waals surface area contributed by atoms with Crippen molar-refractivity contribution in [1.82, 2.24) is 5.06 Å². The number of hydrogen-bond acceptors (Lipinski definition) is 4. The number of ether oxygens (including phenoxy) is 2. The molecule has 2 heterocycles. The van der Waals surface area contributed by atoms with Crippen molar-refractivity contribution in [3.8, 4) is 0 Å². The Labute approximate surface area is 121 Å². The van der Waals surface area contributed by atoms with Crippen molar-refractivity contribution < 1.29 is 19.8 Å². The summed E-state index contributed by atoms with van der Waals surface area (Å²) < 4.78 is 12.0. The van der Waals surface area contributed by atoms with Gasteiger partial charge in [0.15, 0.2) is 5.79 Å². The van der Waals surface area contributed by atoms with Gasteiger partial charge in [-0.2, -0.15) is 0 Å². The van der Waals surface area contributed by atoms with Crippen LogP contribution in [0.4, 0.5) is 0 Å². The fourth-order valence-electron chi connectivity index (χ4n) is 3.73. The molecule has 0 saturated carbocycles. The van der Waals surface area contributed by atoms with E-state index < -0.39 is 16.9 Å². The Hall–Kier alpha value is -0.200. The third-order valence-electron chi connectivity index (χ3n) is 5.73. The van der Waals surface area contributed by atoms with Gasteiger partial charge in [0.25, 0.3) is 0 Å². The molecule has 2 aliphatic heterocycles. The van der Waals surface area contributed by atoms with E-state index in [1.165, 1.54) is 5.06 Å². The maximum atomic E-state index is 12.9. The molecular formula is C15H28NO4. The van der Waals surface area contributed by atoms with Gasteiger partial charge in [0.1, 0.15) is 6.10 Å². The summed E-state index contributed by atoms with van der Waals surface area (Å²) in [5.74, 6) is -0.794. The summed E-state index contributed by atoms with van der Waals surface area (Å²) in [5.41, 5.74) is -1.02. The zero-order valence-electron chi connectivity index (χ0n) is 13.3. The molecule has 5 unspecified atom stereocenters. The number of aliphatic hydroxyl groups excluding tert-OH is 1. The molecule has 5 nitrogen and oxygen atoms in total. The van der Waals surface area contributed by atoms with E-state index in [0.29, 0.717) is 13.0 Å². The van der Waals surface area contributed by atoms with Gasteiger partial charge in [-0.3, -0.25) is 0 Å². The zero-order chi connectivity index (χ0) is 15.2. The molecule has 0 aromatic heterocycles. The Balaban J connectivity index is 2.39. The lowest BCUT2D eigenvalue weighted by atomic mass is 9.67. The molecule has 0 aliphatic carbocycles. The van der Waals surface area contributed by atoms with Crippen LogP contribution in [0.2, 0.25) is 0 Å². The maximum Gasteiger partial charge on any atom is 0.175 e. The zero-order valence-corrected chi connectivity index (χ0v) is 13.3. The molecule has 1 radical (unpaired) electrons. The highest BCUT2D eigenvalue weighted by atomic mass is 16.7. The summed E-state index contributed by atoms with van der Waals surface area (Å²) in [6.45, 7) is 10.4. The summed E-state index contributed by atoms with van der Waals surface area (Å²) in [4.78, 5) is 0. The second-order valence-corrected chi connectivity index (χ2v) is 6.80. The standard InChI is InChI=1S/C15H28NO4/c1-6-13(4)10-15(19-9-12(8-17)20-15)11(3)14(5,7-2)16(13)18/h11-12,17H,6-10H2,1-5H3. The van der Waals surface area contributed by atoms with Crippen LogP contribution >= 0.6 is 0 Å². The predicted octanol–water partition coefficient (Wildman–Crippen LogP) is 2.12. The predicted molar refractivity (Wildman–Crippen MR) is 74.3 cm³/mol. The number of nitrogens with zero attached hydrogens (tertiary/aromatic N) is 1. The highest BCUT2D eigenvalue weighted by Gasteiger charge is 2.63. The lowest BCUT2D eigenvalue weighted by molar-refractivity contribution is -0.374. The van der Waals surface area contributed by atoms with E-state index in [-0.39, 0.29) is 18.6 Å². The molecule has 20 heavy (non-hydrogen) atoms. The molecule has 5 heteroatoms. The topological polar surface area (TPSA) is 61.8 Å². The van der Waals surface area contributed by atoms with Gasteiger partial charge >= 0.3 is 0 Å². The molecule has 0 amide bonds. The van der Waals surface area contributed by atoms with Crippen LogP contribution in [0.15, 0.2) is 0 Å². The Morgan fingerprint density at radius 1 is 1.30 bits per heavy atom. The summed E-state index contributed by atoms with van der Waals surface area (Å²) >= 11 is 0. The van der Waals surface area contributed by atoms with Crippen molar-refractivity contribution in [1.29, 1.82) is 0 Å². The Morgan fingerprint density at radius 2 is 1.95 bits per heavy atom. The fraction of sp³-hybridized carbons (Fsp3) is 1.00. The highest BCUT2D eigenvalue weighted by Crippen LogP contribution is 2.53. The van der Waals surface area contributed by atoms with E-state index in [9.17, 15) is 10.3 Å². The van der Waals surface area contributed by atoms with Crippen molar-refractivity contribution in [3.05, 3.63) is 0 Å². The molecule has 0 aromatic carbocycles. The van der Waals surface area contributed by atoms with Gasteiger partial charge in [-0.15, -0.1) is 10.3 Å². The molecule has 0 aromatic rings. The fourth-order valence-corrected chi connectivity index (χ4v) is 3.73. The number of hydroxylamine groups is 2. The third-order valence-corrected chi connectivity index (χ3v) is 5.73. The van der Waals surface area contributed by atoms with Crippen LogP contribution in [0.1, 0.15) is 53.9 Å². The van der Waals surface area contributed by atoms with Crippen LogP contribution in [-0.4, -0.2) is 46.4 Å². The lowest BCUT2D eigenvalue weighted by Gasteiger charge is -2.59. The minimum absolute atomic E-state index is 0.0404. The van der Waals surface area contributed by atoms with E-state index in [4.69, 9.17) is 9.47 Å². The van der Waals surface area contributed by atoms with Gasteiger partial charge in [0.2, 0.25) is 0 Å². The summed E-state index contributed by atoms with van der Waals surface area (Å²) in [6, 6.07) is 0. The van der Waals surface area contributed by atoms with Crippen molar-refractivity contribution >= 4 is 0 Å². The van der Waals surface area contributed by atoms with Crippen molar-refractivity contribution in [2.24, 2.45) is 5.92 Å². The molecule has 2 rings (SSSR count). The van der Waals surface area contributed by atoms with Crippen molar-refractivity contribution in [2.75, 3.05) is 13.2 Å². The average molecular weight is 286 g/mol. The normalized spacial score (nSPS) is 50.0. The minimum atomic E-state index is -0.746. The molecular weight excluding hydrogens is 258 g/mol. The largest absolute Gasteiger partial charge is 0.394 e. The molecule has 0 bridgehead atoms. The SMILES string of the molecule is CCC1(C)CC2(OCC(CO)O2)C(C)C(C)(CC)N1[O]. The molecule has 2 aliphatic rings. The first-order valence-electron chi connectivity index (χ1n) is 7.68. The van der Waals surface area contributed by atoms with E-state index >= 15 is 0 Å². The van der Waals surface area contributed by atoms with Crippen LogP contribution in [0.3, 0.4) is 0 Å². The second-order valence-electron chi connectivity index (χ2n) is 6.80. The first kappa shape index (κ1) is 16.2. The van der Waals surface area contributed by atoms with Crippen LogP contribution in [-0.2, 0) is 14.7 Å². The van der Waals surface area contributed by atoms with E-state index in [1.54, 1.807) is 0 Å². The molecule has 1 N–H and O–H groups in total. The Morgan fingerprint density at radius 3 is 2.40 bits per heavy atom. The van der Waals surface area contributed by atoms with Gasteiger partial charge in [0.05, 0.1) is 24.3 Å². The van der Waals surface area contributed by atoms with Crippen molar-refractivity contribution in [2.45, 2.75) is 76.9 Å². The van der Waals surface area contributed by atoms with Gasteiger partial charge in [0, 0.05) is 12.3 Å². The highest BCUT2D eigenvalue weighted by molar-refractivity contribution is 5.08. The van der Waals surface area contributed by atoms with Gasteiger partial charge in [-0.1, -0.05) is 20.8 Å². The van der Waals surface area contributed by atoms with Crippen LogP contribution in [0.5, 0.6) is 0 Å². The number of piperidine rings is 1. The quantitative estimate of drug-likeness (QED) is 0.863. The van der Waals surface area contributed by atoms with Crippen LogP contribution < -0.4 is 0 Å². The number of hydrogen-bond donors (Lipinski definition) is 1. The van der Waals surface area contributed by atoms with E-state index in [1.807, 2.05) is 34.6 Å². The first-order chi connectivity index (χ1) is 9.28. The third kappa shape index (κ3) is 2.11. The van der Waals surface area contributed by atoms with E-state index in [0.717, 1.165) is 12.8 Å². The number of rotatable bonds is 3. The summed E-state index contributed by atoms with van der Waals surface area (Å²) in [7, 11) is 0. The first-order valence-corrected chi connectivity index (χ1v) is 7.68. The molecule has 2 saturated heterocycles. The Bertz CT molecular complexity index is 366. The van der Waals surface area contributed by atoms with Crippen LogP contribution in [0.25, 0.3) is 0 Å². The Kier molecular flexibility index (Phi) is 4.22. The van der Waals surface area contributed by atoms with Gasteiger partial charge < -0.3 is 14.6 Å². The van der Waals surface area contributed by atoms with Crippen molar-refractivity contribution in [3.63, 3.8) is 0 Å². The minimum Gasteiger partial charge on any atom is -0.394 e. The molecule has 5 atom stereocenters. The van der Waals surface area contributed by atoms with Crippen LogP contribution in [0, 0.1) is 5.92 Å². The average Bonchev–Trinajstić information content (AvgIpc) is 2.87. The smallest absolute Gasteiger partial charge is 0.175 e. The monoisotopic (exact) mass is 286 g/mol. The summed E-state index contributed by atoms with van der Waals surface area (Å²) in [5, 5.41) is 23.5. The lowest BCUT2D eigenvalue weighted by Crippen LogP contribution is -2.70. The number of aliphatic hydroxyl groups is 1. The van der Waals surface area contributed by atoms with Gasteiger partial charge in [-0.05, 0) is 26.7 Å². The maximum absolute atomic E-state index is 12.9. The van der Waals surface area contributed by atoms with E-state index in [2.05, 4.69) is 0 Å². The summed E-state index contributed by atoms with van der Waals surface area (Å²) in [6.07, 6.45) is 1.76. The van der Waals surface area contributed by atoms with Gasteiger partial charge in [-0.25, -0.2) is 0 Å². The molecule has 2 fully saturated rings. The second kappa shape index (κ2) is 5.21. The molecule has 1 spiro atoms.